The second kappa shape index (κ2) is 7.35. The fourth-order valence-corrected chi connectivity index (χ4v) is 1.96. The summed E-state index contributed by atoms with van der Waals surface area (Å²) in [5, 5.41) is 20.2. The van der Waals surface area contributed by atoms with Crippen LogP contribution in [0.1, 0.15) is 5.56 Å². The Labute approximate surface area is 109 Å². The van der Waals surface area contributed by atoms with Crippen molar-refractivity contribution in [2.75, 3.05) is 23.4 Å². The largest absolute Gasteiger partial charge is 0.394 e. The summed E-state index contributed by atoms with van der Waals surface area (Å²) in [7, 11) is 0. The van der Waals surface area contributed by atoms with E-state index in [9.17, 15) is 9.18 Å². The van der Waals surface area contributed by atoms with Crippen LogP contribution in [-0.2, 0) is 4.79 Å². The topological polar surface area (TPSA) is 69.6 Å². The molecule has 0 spiro atoms. The van der Waals surface area contributed by atoms with Crippen molar-refractivity contribution >= 4 is 23.4 Å². The Balaban J connectivity index is 2.38. The summed E-state index contributed by atoms with van der Waals surface area (Å²) < 4.78 is 13.2. The first-order valence-corrected chi connectivity index (χ1v) is 6.61. The number of halogens is 1. The van der Waals surface area contributed by atoms with Crippen molar-refractivity contribution in [3.05, 3.63) is 29.6 Å². The number of aryl methyl sites for hydroxylation is 1. The van der Waals surface area contributed by atoms with Crippen molar-refractivity contribution in [3.8, 4) is 0 Å². The Morgan fingerprint density at radius 2 is 2.28 bits per heavy atom. The molecule has 0 bridgehead atoms. The number of hydrogen-bond donors (Lipinski definition) is 3. The molecule has 0 fully saturated rings. The lowest BCUT2D eigenvalue weighted by Gasteiger charge is -2.08. The minimum atomic E-state index is -0.820. The molecule has 1 unspecified atom stereocenters. The summed E-state index contributed by atoms with van der Waals surface area (Å²) in [5.41, 5.74) is 0.930. The average Bonchev–Trinajstić information content (AvgIpc) is 2.33. The first-order valence-electron chi connectivity index (χ1n) is 5.45. The van der Waals surface area contributed by atoms with Gasteiger partial charge in [0.05, 0.1) is 18.5 Å². The minimum Gasteiger partial charge on any atom is -0.394 e. The fraction of sp³-hybridized carbons (Fsp3) is 0.417. The number of aliphatic hydroxyl groups excluding tert-OH is 2. The van der Waals surface area contributed by atoms with E-state index in [4.69, 9.17) is 10.2 Å². The van der Waals surface area contributed by atoms with E-state index in [1.807, 2.05) is 0 Å². The van der Waals surface area contributed by atoms with Crippen LogP contribution >= 0.6 is 11.8 Å². The molecule has 0 aliphatic rings. The lowest BCUT2D eigenvalue weighted by Crippen LogP contribution is -2.19. The van der Waals surface area contributed by atoms with Crippen molar-refractivity contribution in [1.82, 2.24) is 0 Å². The number of rotatable bonds is 6. The zero-order chi connectivity index (χ0) is 13.5. The van der Waals surface area contributed by atoms with Crippen molar-refractivity contribution in [3.63, 3.8) is 0 Å². The maximum atomic E-state index is 13.2. The van der Waals surface area contributed by atoms with Crippen molar-refractivity contribution in [2.45, 2.75) is 13.0 Å². The monoisotopic (exact) mass is 273 g/mol. The van der Waals surface area contributed by atoms with Crippen LogP contribution in [0.3, 0.4) is 0 Å². The number of carbonyl (C=O) groups is 1. The molecule has 1 atom stereocenters. The molecule has 0 saturated heterocycles. The minimum absolute atomic E-state index is 0.145. The predicted molar refractivity (Wildman–Crippen MR) is 70.2 cm³/mol. The van der Waals surface area contributed by atoms with Crippen LogP contribution in [0.4, 0.5) is 10.1 Å². The molecule has 4 nitrogen and oxygen atoms in total. The van der Waals surface area contributed by atoms with E-state index in [-0.39, 0.29) is 29.8 Å². The lowest BCUT2D eigenvalue weighted by atomic mass is 10.2. The number of nitrogens with one attached hydrogen (secondary N) is 1. The third-order valence-corrected chi connectivity index (χ3v) is 3.30. The molecule has 0 radical (unpaired) electrons. The van der Waals surface area contributed by atoms with Crippen LogP contribution in [0.25, 0.3) is 0 Å². The first kappa shape index (κ1) is 14.9. The third-order valence-electron chi connectivity index (χ3n) is 2.21. The Hall–Kier alpha value is -1.11. The highest BCUT2D eigenvalue weighted by molar-refractivity contribution is 8.00. The van der Waals surface area contributed by atoms with Crippen LogP contribution < -0.4 is 5.32 Å². The Bertz CT molecular complexity index is 414. The highest BCUT2D eigenvalue weighted by Gasteiger charge is 2.07. The van der Waals surface area contributed by atoms with E-state index in [0.717, 1.165) is 0 Å². The van der Waals surface area contributed by atoms with Gasteiger partial charge >= 0.3 is 0 Å². The quantitative estimate of drug-likeness (QED) is 0.727. The van der Waals surface area contributed by atoms with Crippen LogP contribution in [0.2, 0.25) is 0 Å². The van der Waals surface area contributed by atoms with Gasteiger partial charge < -0.3 is 15.5 Å². The molecule has 18 heavy (non-hydrogen) atoms. The third kappa shape index (κ3) is 5.03. The van der Waals surface area contributed by atoms with Crippen LogP contribution in [-0.4, -0.2) is 40.3 Å². The van der Waals surface area contributed by atoms with E-state index < -0.39 is 6.10 Å². The maximum absolute atomic E-state index is 13.2. The highest BCUT2D eigenvalue weighted by atomic mass is 32.2. The first-order chi connectivity index (χ1) is 8.52. The van der Waals surface area contributed by atoms with Gasteiger partial charge in [0.1, 0.15) is 5.82 Å². The summed E-state index contributed by atoms with van der Waals surface area (Å²) in [6, 6.07) is 4.48. The molecule has 0 aromatic heterocycles. The molecular weight excluding hydrogens is 257 g/mol. The van der Waals surface area contributed by atoms with E-state index in [1.54, 1.807) is 19.1 Å². The highest BCUT2D eigenvalue weighted by Crippen LogP contribution is 2.14. The average molecular weight is 273 g/mol. The summed E-state index contributed by atoms with van der Waals surface area (Å²) in [5.74, 6) is -0.205. The number of aliphatic hydroxyl groups is 2. The SMILES string of the molecule is Cc1ccc(NC(=O)CSCC(O)CO)cc1F. The molecule has 100 valence electrons. The molecule has 0 aliphatic heterocycles. The fourth-order valence-electron chi connectivity index (χ4n) is 1.21. The zero-order valence-corrected chi connectivity index (χ0v) is 10.8. The summed E-state index contributed by atoms with van der Waals surface area (Å²) in [6.45, 7) is 1.32. The molecule has 6 heteroatoms. The summed E-state index contributed by atoms with van der Waals surface area (Å²) in [6.07, 6.45) is -0.820. The van der Waals surface area contributed by atoms with Gasteiger partial charge in [0.15, 0.2) is 0 Å². The van der Waals surface area contributed by atoms with Crippen molar-refractivity contribution in [2.24, 2.45) is 0 Å². The van der Waals surface area contributed by atoms with Gasteiger partial charge in [0.25, 0.3) is 0 Å². The molecule has 0 saturated carbocycles. The van der Waals surface area contributed by atoms with E-state index in [0.29, 0.717) is 11.3 Å². The molecule has 1 amide bonds. The van der Waals surface area contributed by atoms with Gasteiger partial charge in [0, 0.05) is 11.4 Å². The van der Waals surface area contributed by atoms with Crippen LogP contribution in [0.5, 0.6) is 0 Å². The zero-order valence-electron chi connectivity index (χ0n) is 10.0. The Kier molecular flexibility index (Phi) is 6.11. The van der Waals surface area contributed by atoms with Crippen LogP contribution in [0, 0.1) is 12.7 Å². The molecular formula is C12H16FNO3S. The Morgan fingerprint density at radius 1 is 1.56 bits per heavy atom. The number of benzene rings is 1. The van der Waals surface area contributed by atoms with E-state index in [2.05, 4.69) is 5.32 Å². The number of carbonyl (C=O) groups excluding carboxylic acids is 1. The summed E-state index contributed by atoms with van der Waals surface area (Å²) in [4.78, 5) is 11.5. The second-order valence-electron chi connectivity index (χ2n) is 3.86. The van der Waals surface area contributed by atoms with Gasteiger partial charge in [0.2, 0.25) is 5.91 Å². The van der Waals surface area contributed by atoms with Gasteiger partial charge in [-0.2, -0.15) is 0 Å². The molecule has 3 N–H and O–H groups in total. The molecule has 0 aliphatic carbocycles. The van der Waals surface area contributed by atoms with Crippen LogP contribution in [0.15, 0.2) is 18.2 Å². The maximum Gasteiger partial charge on any atom is 0.234 e. The standard InChI is InChI=1S/C12H16FNO3S/c1-8-2-3-9(4-11(8)13)14-12(17)7-18-6-10(16)5-15/h2-4,10,15-16H,5-7H2,1H3,(H,14,17). The number of anilines is 1. The molecule has 0 heterocycles. The summed E-state index contributed by atoms with van der Waals surface area (Å²) >= 11 is 1.20. The Morgan fingerprint density at radius 3 is 2.89 bits per heavy atom. The molecule has 1 aromatic rings. The van der Waals surface area contributed by atoms with E-state index in [1.165, 1.54) is 17.8 Å². The molecule has 1 rings (SSSR count). The van der Waals surface area contributed by atoms with Gasteiger partial charge in [-0.05, 0) is 24.6 Å². The van der Waals surface area contributed by atoms with Crippen molar-refractivity contribution in [1.29, 1.82) is 0 Å². The van der Waals surface area contributed by atoms with Gasteiger partial charge in [-0.1, -0.05) is 6.07 Å². The van der Waals surface area contributed by atoms with E-state index >= 15 is 0 Å². The van der Waals surface area contributed by atoms with Gasteiger partial charge in [-0.25, -0.2) is 4.39 Å². The molecule has 1 aromatic carbocycles. The number of amides is 1. The lowest BCUT2D eigenvalue weighted by molar-refractivity contribution is -0.113. The van der Waals surface area contributed by atoms with Crippen molar-refractivity contribution < 1.29 is 19.4 Å². The number of hydrogen-bond acceptors (Lipinski definition) is 4. The van der Waals surface area contributed by atoms with Gasteiger partial charge in [-0.3, -0.25) is 4.79 Å². The normalized spacial score (nSPS) is 12.2. The number of thioether (sulfide) groups is 1. The van der Waals surface area contributed by atoms with Gasteiger partial charge in [-0.15, -0.1) is 11.8 Å². The smallest absolute Gasteiger partial charge is 0.234 e. The second-order valence-corrected chi connectivity index (χ2v) is 4.89. The predicted octanol–water partition coefficient (Wildman–Crippen LogP) is 1.16.